The molecule has 1 atom stereocenters. The third-order valence-corrected chi connectivity index (χ3v) is 3.17. The second-order valence-corrected chi connectivity index (χ2v) is 5.09. The van der Waals surface area contributed by atoms with E-state index in [-0.39, 0.29) is 0 Å². The lowest BCUT2D eigenvalue weighted by Gasteiger charge is -2.20. The van der Waals surface area contributed by atoms with E-state index < -0.39 is 0 Å². The van der Waals surface area contributed by atoms with Gasteiger partial charge >= 0.3 is 0 Å². The van der Waals surface area contributed by atoms with E-state index in [0.717, 1.165) is 24.5 Å². The molecule has 1 aliphatic rings. The van der Waals surface area contributed by atoms with Crippen molar-refractivity contribution in [3.8, 4) is 0 Å². The van der Waals surface area contributed by atoms with Crippen LogP contribution in [0.25, 0.3) is 0 Å². The molecule has 0 fully saturated rings. The first-order chi connectivity index (χ1) is 7.09. The molecule has 0 saturated carbocycles. The Kier molecular flexibility index (Phi) is 2.72. The third-order valence-electron chi connectivity index (χ3n) is 3.17. The van der Waals surface area contributed by atoms with Crippen molar-refractivity contribution in [2.45, 2.75) is 52.5 Å². The van der Waals surface area contributed by atoms with Crippen LogP contribution in [0.15, 0.2) is 0 Å². The number of aromatic nitrogens is 2. The Balaban J connectivity index is 2.34. The molecule has 0 saturated heterocycles. The molecular formula is C12H21N3. The first-order valence-corrected chi connectivity index (χ1v) is 5.94. The van der Waals surface area contributed by atoms with Gasteiger partial charge in [-0.05, 0) is 25.2 Å². The van der Waals surface area contributed by atoms with Gasteiger partial charge in [0.1, 0.15) is 11.6 Å². The number of anilines is 1. The Morgan fingerprint density at radius 3 is 2.87 bits per heavy atom. The van der Waals surface area contributed by atoms with Crippen molar-refractivity contribution in [1.29, 1.82) is 0 Å². The Bertz CT molecular complexity index is 352. The summed E-state index contributed by atoms with van der Waals surface area (Å²) in [6.45, 7) is 7.72. The van der Waals surface area contributed by atoms with Gasteiger partial charge in [0, 0.05) is 12.5 Å². The Hall–Kier alpha value is -0.990. The van der Waals surface area contributed by atoms with E-state index in [2.05, 4.69) is 25.3 Å². The molecule has 15 heavy (non-hydrogen) atoms. The van der Waals surface area contributed by atoms with Gasteiger partial charge in [-0.15, -0.1) is 0 Å². The zero-order chi connectivity index (χ0) is 11.0. The van der Waals surface area contributed by atoms with Crippen molar-refractivity contribution in [2.24, 2.45) is 5.92 Å². The predicted molar refractivity (Wildman–Crippen MR) is 62.8 cm³/mol. The Morgan fingerprint density at radius 1 is 1.53 bits per heavy atom. The van der Waals surface area contributed by atoms with Gasteiger partial charge in [-0.3, -0.25) is 0 Å². The normalized spacial score (nSPS) is 20.7. The number of rotatable bonds is 2. The van der Waals surface area contributed by atoms with E-state index in [0.29, 0.717) is 11.8 Å². The maximum absolute atomic E-state index is 6.14. The van der Waals surface area contributed by atoms with Crippen LogP contribution in [0.4, 0.5) is 5.82 Å². The number of hydrogen-bond acceptors (Lipinski definition) is 2. The van der Waals surface area contributed by atoms with E-state index >= 15 is 0 Å². The second kappa shape index (κ2) is 3.87. The summed E-state index contributed by atoms with van der Waals surface area (Å²) in [7, 11) is 0. The van der Waals surface area contributed by atoms with E-state index in [1.807, 2.05) is 0 Å². The van der Waals surface area contributed by atoms with Crippen molar-refractivity contribution in [2.75, 3.05) is 5.73 Å². The minimum absolute atomic E-state index is 0.571. The zero-order valence-electron chi connectivity index (χ0n) is 9.95. The minimum Gasteiger partial charge on any atom is -0.384 e. The number of nitrogen functional groups attached to an aromatic ring is 1. The molecule has 2 heterocycles. The van der Waals surface area contributed by atoms with Crippen LogP contribution in [0, 0.1) is 5.92 Å². The van der Waals surface area contributed by atoms with Crippen molar-refractivity contribution >= 4 is 5.82 Å². The summed E-state index contributed by atoms with van der Waals surface area (Å²) in [6.07, 6.45) is 3.48. The van der Waals surface area contributed by atoms with Crippen LogP contribution < -0.4 is 5.73 Å². The van der Waals surface area contributed by atoms with Crippen molar-refractivity contribution in [3.63, 3.8) is 0 Å². The molecule has 0 aromatic carbocycles. The van der Waals surface area contributed by atoms with Gasteiger partial charge in [-0.1, -0.05) is 20.8 Å². The van der Waals surface area contributed by atoms with E-state index in [1.54, 1.807) is 0 Å². The molecule has 3 heteroatoms. The molecule has 1 aromatic heterocycles. The molecule has 3 nitrogen and oxygen atoms in total. The lowest BCUT2D eigenvalue weighted by Crippen LogP contribution is -2.15. The van der Waals surface area contributed by atoms with Crippen molar-refractivity contribution in [1.82, 2.24) is 9.55 Å². The highest BCUT2D eigenvalue weighted by atomic mass is 15.2. The lowest BCUT2D eigenvalue weighted by atomic mass is 10.0. The van der Waals surface area contributed by atoms with Crippen LogP contribution in [0.2, 0.25) is 0 Å². The van der Waals surface area contributed by atoms with Crippen molar-refractivity contribution < 1.29 is 0 Å². The van der Waals surface area contributed by atoms with E-state index in [9.17, 15) is 0 Å². The van der Waals surface area contributed by atoms with Gasteiger partial charge in [-0.25, -0.2) is 4.98 Å². The first-order valence-electron chi connectivity index (χ1n) is 5.94. The fourth-order valence-electron chi connectivity index (χ4n) is 2.37. The number of nitrogens with two attached hydrogens (primary N) is 1. The molecule has 0 spiro atoms. The van der Waals surface area contributed by atoms with Crippen LogP contribution in [0.1, 0.15) is 51.0 Å². The van der Waals surface area contributed by atoms with Gasteiger partial charge in [0.05, 0.1) is 5.69 Å². The highest BCUT2D eigenvalue weighted by Gasteiger charge is 2.22. The molecule has 84 valence electrons. The lowest BCUT2D eigenvalue weighted by molar-refractivity contribution is 0.467. The molecule has 2 N–H and O–H groups in total. The van der Waals surface area contributed by atoms with E-state index in [4.69, 9.17) is 10.7 Å². The Labute approximate surface area is 91.7 Å². The molecule has 2 rings (SSSR count). The number of nitrogens with zero attached hydrogens (tertiary/aromatic N) is 2. The topological polar surface area (TPSA) is 43.8 Å². The zero-order valence-corrected chi connectivity index (χ0v) is 9.95. The van der Waals surface area contributed by atoms with Crippen LogP contribution in [0.5, 0.6) is 0 Å². The molecular weight excluding hydrogens is 186 g/mol. The summed E-state index contributed by atoms with van der Waals surface area (Å²) >= 11 is 0. The first kappa shape index (κ1) is 10.5. The van der Waals surface area contributed by atoms with Crippen molar-refractivity contribution in [3.05, 3.63) is 11.5 Å². The molecule has 1 aliphatic heterocycles. The maximum atomic E-state index is 6.14. The summed E-state index contributed by atoms with van der Waals surface area (Å²) in [6, 6.07) is 0. The van der Waals surface area contributed by atoms with Gasteiger partial charge in [0.15, 0.2) is 0 Å². The van der Waals surface area contributed by atoms with E-state index in [1.165, 1.54) is 18.7 Å². The summed E-state index contributed by atoms with van der Waals surface area (Å²) in [5.74, 6) is 3.31. The number of fused-ring (bicyclic) bond motifs is 1. The molecule has 0 bridgehead atoms. The van der Waals surface area contributed by atoms with Crippen LogP contribution in [0.3, 0.4) is 0 Å². The quantitative estimate of drug-likeness (QED) is 0.810. The molecule has 1 unspecified atom stereocenters. The standard InChI is InChI=1S/C12H21N3/c1-8(2)7-10-11(13)15-6-4-5-9(3)12(15)14-10/h8-9H,4-7,13H2,1-3H3. The maximum Gasteiger partial charge on any atom is 0.126 e. The van der Waals surface area contributed by atoms with Gasteiger partial charge in [-0.2, -0.15) is 0 Å². The minimum atomic E-state index is 0.571. The summed E-state index contributed by atoms with van der Waals surface area (Å²) in [5, 5.41) is 0. The molecule has 0 amide bonds. The summed E-state index contributed by atoms with van der Waals surface area (Å²) < 4.78 is 2.21. The average molecular weight is 207 g/mol. The van der Waals surface area contributed by atoms with Crippen LogP contribution in [-0.2, 0) is 13.0 Å². The van der Waals surface area contributed by atoms with Gasteiger partial charge in [0.25, 0.3) is 0 Å². The SMILES string of the molecule is CC(C)Cc1nc2n(c1N)CCCC2C. The van der Waals surface area contributed by atoms with Crippen LogP contribution >= 0.6 is 0 Å². The Morgan fingerprint density at radius 2 is 2.27 bits per heavy atom. The third kappa shape index (κ3) is 1.87. The predicted octanol–water partition coefficient (Wildman–Crippen LogP) is 2.56. The van der Waals surface area contributed by atoms with Gasteiger partial charge in [0.2, 0.25) is 0 Å². The highest BCUT2D eigenvalue weighted by molar-refractivity contribution is 5.39. The smallest absolute Gasteiger partial charge is 0.126 e. The largest absolute Gasteiger partial charge is 0.384 e. The molecule has 1 aromatic rings. The fourth-order valence-corrected chi connectivity index (χ4v) is 2.37. The average Bonchev–Trinajstić information content (AvgIpc) is 2.46. The second-order valence-electron chi connectivity index (χ2n) is 5.09. The summed E-state index contributed by atoms with van der Waals surface area (Å²) in [5.41, 5.74) is 7.24. The monoisotopic (exact) mass is 207 g/mol. The van der Waals surface area contributed by atoms with Gasteiger partial charge < -0.3 is 10.3 Å². The number of hydrogen-bond donors (Lipinski definition) is 1. The highest BCUT2D eigenvalue weighted by Crippen LogP contribution is 2.30. The van der Waals surface area contributed by atoms with Crippen LogP contribution in [-0.4, -0.2) is 9.55 Å². The summed E-state index contributed by atoms with van der Waals surface area (Å²) in [4.78, 5) is 4.71. The molecule has 0 radical (unpaired) electrons. The number of imidazole rings is 1. The fraction of sp³-hybridized carbons (Fsp3) is 0.750. The molecule has 0 aliphatic carbocycles.